The summed E-state index contributed by atoms with van der Waals surface area (Å²) < 4.78 is 40.2. The van der Waals surface area contributed by atoms with Crippen LogP contribution in [0.3, 0.4) is 0 Å². The lowest BCUT2D eigenvalue weighted by Crippen LogP contribution is -2.48. The highest BCUT2D eigenvalue weighted by atomic mass is 35.5. The molecule has 2 unspecified atom stereocenters. The van der Waals surface area contributed by atoms with Gasteiger partial charge in [-0.2, -0.15) is 4.31 Å². The van der Waals surface area contributed by atoms with Crippen molar-refractivity contribution in [2.24, 2.45) is 0 Å². The van der Waals surface area contributed by atoms with Crippen LogP contribution in [0.4, 0.5) is 4.39 Å². The SMILES string of the molecule is CN(C1CC2CCC(C1)N2)S(=O)(=O)c1ccccc1F.Cl. The zero-order valence-corrected chi connectivity index (χ0v) is 13.5. The highest BCUT2D eigenvalue weighted by molar-refractivity contribution is 7.89. The lowest BCUT2D eigenvalue weighted by atomic mass is 10.0. The van der Waals surface area contributed by atoms with Gasteiger partial charge in [0.2, 0.25) is 10.0 Å². The van der Waals surface area contributed by atoms with Crippen molar-refractivity contribution < 1.29 is 12.8 Å². The maximum atomic E-state index is 13.8. The molecule has 7 heteroatoms. The molecule has 2 aliphatic heterocycles. The molecule has 21 heavy (non-hydrogen) atoms. The molecular formula is C14H20ClFN2O2S. The standard InChI is InChI=1S/C14H19FN2O2S.ClH/c1-17(12-8-10-6-7-11(9-12)16-10)20(18,19)14-5-3-2-4-13(14)15;/h2-5,10-12,16H,6-9H2,1H3;1H. The average molecular weight is 335 g/mol. The zero-order valence-electron chi connectivity index (χ0n) is 11.8. The summed E-state index contributed by atoms with van der Waals surface area (Å²) >= 11 is 0. The van der Waals surface area contributed by atoms with E-state index in [0.717, 1.165) is 25.7 Å². The van der Waals surface area contributed by atoms with E-state index in [2.05, 4.69) is 5.32 Å². The van der Waals surface area contributed by atoms with Crippen molar-refractivity contribution in [2.45, 2.75) is 48.7 Å². The summed E-state index contributed by atoms with van der Waals surface area (Å²) in [6, 6.07) is 6.33. The second-order valence-electron chi connectivity index (χ2n) is 5.71. The molecule has 0 radical (unpaired) electrons. The molecule has 1 aromatic rings. The Kier molecular flexibility index (Phi) is 4.92. The van der Waals surface area contributed by atoms with Gasteiger partial charge >= 0.3 is 0 Å². The Hall–Kier alpha value is -0.690. The number of piperidine rings is 1. The molecule has 2 fully saturated rings. The molecule has 3 rings (SSSR count). The second-order valence-corrected chi connectivity index (χ2v) is 7.68. The van der Waals surface area contributed by atoms with E-state index in [9.17, 15) is 12.8 Å². The van der Waals surface area contributed by atoms with E-state index in [1.807, 2.05) is 0 Å². The molecule has 118 valence electrons. The molecule has 2 aliphatic rings. The molecule has 0 spiro atoms. The molecule has 2 heterocycles. The number of fused-ring (bicyclic) bond motifs is 2. The van der Waals surface area contributed by atoms with Crippen LogP contribution in [0.2, 0.25) is 0 Å². The minimum atomic E-state index is -3.76. The first-order chi connectivity index (χ1) is 9.48. The fraction of sp³-hybridized carbons (Fsp3) is 0.571. The maximum Gasteiger partial charge on any atom is 0.245 e. The summed E-state index contributed by atoms with van der Waals surface area (Å²) in [4.78, 5) is -0.228. The van der Waals surface area contributed by atoms with Gasteiger partial charge in [-0.05, 0) is 37.8 Å². The number of hydrogen-bond acceptors (Lipinski definition) is 3. The molecule has 2 bridgehead atoms. The van der Waals surface area contributed by atoms with Crippen LogP contribution >= 0.6 is 12.4 Å². The summed E-state index contributed by atoms with van der Waals surface area (Å²) in [6.45, 7) is 0. The summed E-state index contributed by atoms with van der Waals surface area (Å²) in [5, 5.41) is 3.48. The first-order valence-corrected chi connectivity index (χ1v) is 8.41. The Bertz CT molecular complexity index is 599. The van der Waals surface area contributed by atoms with Crippen LogP contribution in [0.1, 0.15) is 25.7 Å². The molecule has 4 nitrogen and oxygen atoms in total. The van der Waals surface area contributed by atoms with Crippen molar-refractivity contribution in [3.05, 3.63) is 30.1 Å². The predicted molar refractivity (Wildman–Crippen MR) is 81.6 cm³/mol. The van der Waals surface area contributed by atoms with Crippen molar-refractivity contribution in [1.82, 2.24) is 9.62 Å². The Morgan fingerprint density at radius 2 is 1.76 bits per heavy atom. The van der Waals surface area contributed by atoms with Crippen LogP contribution in [0.15, 0.2) is 29.2 Å². The first-order valence-electron chi connectivity index (χ1n) is 6.97. The highest BCUT2D eigenvalue weighted by Gasteiger charge is 2.39. The number of nitrogens with zero attached hydrogens (tertiary/aromatic N) is 1. The third-order valence-corrected chi connectivity index (χ3v) is 6.40. The largest absolute Gasteiger partial charge is 0.311 e. The number of halogens is 2. The van der Waals surface area contributed by atoms with Crippen molar-refractivity contribution >= 4 is 22.4 Å². The second kappa shape index (κ2) is 6.20. The molecule has 2 saturated heterocycles. The number of rotatable bonds is 3. The zero-order chi connectivity index (χ0) is 14.3. The van der Waals surface area contributed by atoms with E-state index >= 15 is 0 Å². The van der Waals surface area contributed by atoms with E-state index in [0.29, 0.717) is 12.1 Å². The third kappa shape index (κ3) is 3.08. The fourth-order valence-electron chi connectivity index (χ4n) is 3.33. The van der Waals surface area contributed by atoms with Gasteiger partial charge in [-0.1, -0.05) is 12.1 Å². The Labute approximate surface area is 131 Å². The van der Waals surface area contributed by atoms with Crippen LogP contribution in [-0.4, -0.2) is 37.9 Å². The molecule has 1 N–H and O–H groups in total. The van der Waals surface area contributed by atoms with Gasteiger partial charge in [0.25, 0.3) is 0 Å². The van der Waals surface area contributed by atoms with Gasteiger partial charge in [-0.3, -0.25) is 0 Å². The summed E-state index contributed by atoms with van der Waals surface area (Å²) in [5.74, 6) is -0.684. The highest BCUT2D eigenvalue weighted by Crippen LogP contribution is 2.32. The van der Waals surface area contributed by atoms with Gasteiger partial charge in [0.05, 0.1) is 0 Å². The Balaban J connectivity index is 0.00000161. The normalized spacial score (nSPS) is 28.4. The smallest absolute Gasteiger partial charge is 0.245 e. The fourth-order valence-corrected chi connectivity index (χ4v) is 4.77. The molecule has 0 saturated carbocycles. The number of hydrogen-bond donors (Lipinski definition) is 1. The van der Waals surface area contributed by atoms with Crippen molar-refractivity contribution in [3.63, 3.8) is 0 Å². The van der Waals surface area contributed by atoms with Gasteiger partial charge in [-0.15, -0.1) is 12.4 Å². The number of nitrogens with one attached hydrogen (secondary N) is 1. The third-order valence-electron chi connectivity index (χ3n) is 4.46. The summed E-state index contributed by atoms with van der Waals surface area (Å²) in [6.07, 6.45) is 3.82. The van der Waals surface area contributed by atoms with Crippen molar-refractivity contribution in [2.75, 3.05) is 7.05 Å². The Morgan fingerprint density at radius 1 is 1.19 bits per heavy atom. The van der Waals surface area contributed by atoms with Gasteiger partial charge < -0.3 is 5.32 Å². The van der Waals surface area contributed by atoms with E-state index in [1.54, 1.807) is 13.1 Å². The number of sulfonamides is 1. The van der Waals surface area contributed by atoms with Crippen LogP contribution in [-0.2, 0) is 10.0 Å². The molecule has 0 aliphatic carbocycles. The molecule has 2 atom stereocenters. The van der Waals surface area contributed by atoms with E-state index in [-0.39, 0.29) is 23.3 Å². The Morgan fingerprint density at radius 3 is 2.33 bits per heavy atom. The maximum absolute atomic E-state index is 13.8. The predicted octanol–water partition coefficient (Wildman–Crippen LogP) is 2.15. The van der Waals surface area contributed by atoms with Crippen molar-refractivity contribution in [3.8, 4) is 0 Å². The van der Waals surface area contributed by atoms with Crippen LogP contribution < -0.4 is 5.32 Å². The van der Waals surface area contributed by atoms with Gasteiger partial charge in [0.1, 0.15) is 10.7 Å². The monoisotopic (exact) mass is 334 g/mol. The minimum absolute atomic E-state index is 0. The number of benzene rings is 1. The lowest BCUT2D eigenvalue weighted by Gasteiger charge is -2.34. The van der Waals surface area contributed by atoms with E-state index < -0.39 is 15.8 Å². The van der Waals surface area contributed by atoms with Crippen LogP contribution in [0.5, 0.6) is 0 Å². The lowest BCUT2D eigenvalue weighted by molar-refractivity contribution is 0.251. The summed E-state index contributed by atoms with van der Waals surface area (Å²) in [5.41, 5.74) is 0. The van der Waals surface area contributed by atoms with Crippen LogP contribution in [0, 0.1) is 5.82 Å². The summed E-state index contributed by atoms with van der Waals surface area (Å²) in [7, 11) is -2.19. The first kappa shape index (κ1) is 16.7. The van der Waals surface area contributed by atoms with Gasteiger partial charge in [0, 0.05) is 25.2 Å². The quantitative estimate of drug-likeness (QED) is 0.921. The van der Waals surface area contributed by atoms with Gasteiger partial charge in [0.15, 0.2) is 0 Å². The molecule has 0 amide bonds. The molecule has 1 aromatic carbocycles. The van der Waals surface area contributed by atoms with E-state index in [1.165, 1.54) is 22.5 Å². The topological polar surface area (TPSA) is 49.4 Å². The van der Waals surface area contributed by atoms with Crippen LogP contribution in [0.25, 0.3) is 0 Å². The average Bonchev–Trinajstić information content (AvgIpc) is 2.77. The molecule has 0 aromatic heterocycles. The van der Waals surface area contributed by atoms with Gasteiger partial charge in [-0.25, -0.2) is 12.8 Å². The minimum Gasteiger partial charge on any atom is -0.311 e. The van der Waals surface area contributed by atoms with E-state index in [4.69, 9.17) is 0 Å². The van der Waals surface area contributed by atoms with Crippen molar-refractivity contribution in [1.29, 1.82) is 0 Å². The molecular weight excluding hydrogens is 315 g/mol.